The topological polar surface area (TPSA) is 72.9 Å². The van der Waals surface area contributed by atoms with Gasteiger partial charge in [0.05, 0.1) is 22.4 Å². The molecule has 1 heterocycles. The van der Waals surface area contributed by atoms with Gasteiger partial charge in [-0.2, -0.15) is 0 Å². The number of carbonyl (C=O) groups excluding carboxylic acids is 3. The molecule has 2 amide bonds. The van der Waals surface area contributed by atoms with E-state index >= 15 is 0 Å². The van der Waals surface area contributed by atoms with E-state index in [9.17, 15) is 14.4 Å². The van der Waals surface area contributed by atoms with Crippen molar-refractivity contribution in [2.75, 3.05) is 4.90 Å². The van der Waals surface area contributed by atoms with Gasteiger partial charge in [0.25, 0.3) is 11.8 Å². The van der Waals surface area contributed by atoms with Crippen molar-refractivity contribution >= 4 is 39.4 Å². The minimum Gasteiger partial charge on any atom is -0.457 e. The van der Waals surface area contributed by atoms with Crippen LogP contribution in [0.4, 0.5) is 5.69 Å². The molecule has 1 aliphatic heterocycles. The van der Waals surface area contributed by atoms with Gasteiger partial charge in [0.2, 0.25) is 0 Å². The second-order valence-electron chi connectivity index (χ2n) is 9.36. The van der Waals surface area contributed by atoms with Gasteiger partial charge in [0.1, 0.15) is 11.5 Å². The Kier molecular flexibility index (Phi) is 7.18. The average molecular weight is 604 g/mol. The van der Waals surface area contributed by atoms with Gasteiger partial charge in [-0.3, -0.25) is 9.59 Å². The first kappa shape index (κ1) is 26.2. The summed E-state index contributed by atoms with van der Waals surface area (Å²) in [7, 11) is 0. The highest BCUT2D eigenvalue weighted by Gasteiger charge is 2.37. The quantitative estimate of drug-likeness (QED) is 0.139. The van der Waals surface area contributed by atoms with Crippen molar-refractivity contribution in [2.45, 2.75) is 6.10 Å². The van der Waals surface area contributed by atoms with E-state index in [-0.39, 0.29) is 11.1 Å². The van der Waals surface area contributed by atoms with Crippen molar-refractivity contribution in [3.63, 3.8) is 0 Å². The first-order valence-electron chi connectivity index (χ1n) is 12.8. The zero-order valence-electron chi connectivity index (χ0n) is 21.6. The lowest BCUT2D eigenvalue weighted by Gasteiger charge is -2.19. The number of hydrogen-bond donors (Lipinski definition) is 0. The fraction of sp³-hybridized carbons (Fsp3) is 0.0294. The normalized spacial score (nSPS) is 12.4. The standard InChI is InChI=1S/C34H22BrNO5/c35-25-13-17-27(18-14-25)40-28-19-20-29-30(21-28)33(38)36(32(29)37)26-15-11-24(12-16-26)34(39)41-31(22-7-3-1-4-8-22)23-9-5-2-6-10-23/h1-21,31H. The van der Waals surface area contributed by atoms with Crippen LogP contribution < -0.4 is 9.64 Å². The maximum Gasteiger partial charge on any atom is 0.339 e. The summed E-state index contributed by atoms with van der Waals surface area (Å²) in [6.45, 7) is 0. The molecule has 0 bridgehead atoms. The lowest BCUT2D eigenvalue weighted by Crippen LogP contribution is -2.29. The van der Waals surface area contributed by atoms with Crippen molar-refractivity contribution < 1.29 is 23.9 Å². The van der Waals surface area contributed by atoms with Crippen molar-refractivity contribution in [1.82, 2.24) is 0 Å². The van der Waals surface area contributed by atoms with E-state index in [0.29, 0.717) is 22.7 Å². The number of anilines is 1. The summed E-state index contributed by atoms with van der Waals surface area (Å²) >= 11 is 3.39. The number of benzene rings is 5. The van der Waals surface area contributed by atoms with E-state index < -0.39 is 23.9 Å². The molecule has 5 aromatic rings. The lowest BCUT2D eigenvalue weighted by molar-refractivity contribution is 0.0378. The van der Waals surface area contributed by atoms with Gasteiger partial charge in [-0.05, 0) is 77.9 Å². The fourth-order valence-corrected chi connectivity index (χ4v) is 4.93. The molecule has 6 nitrogen and oxygen atoms in total. The van der Waals surface area contributed by atoms with E-state index in [4.69, 9.17) is 9.47 Å². The Hall–Kier alpha value is -5.01. The number of rotatable bonds is 7. The summed E-state index contributed by atoms with van der Waals surface area (Å²) in [5, 5.41) is 0. The summed E-state index contributed by atoms with van der Waals surface area (Å²) in [5.74, 6) is -0.380. The summed E-state index contributed by atoms with van der Waals surface area (Å²) in [6, 6.07) is 37.4. The molecule has 0 unspecified atom stereocenters. The zero-order valence-corrected chi connectivity index (χ0v) is 23.2. The van der Waals surface area contributed by atoms with Crippen molar-refractivity contribution in [1.29, 1.82) is 0 Å². The molecule has 6 rings (SSSR count). The van der Waals surface area contributed by atoms with Gasteiger partial charge in [0.15, 0.2) is 6.10 Å². The maximum absolute atomic E-state index is 13.3. The molecule has 41 heavy (non-hydrogen) atoms. The second kappa shape index (κ2) is 11.2. The monoisotopic (exact) mass is 603 g/mol. The molecule has 1 aliphatic rings. The first-order valence-corrected chi connectivity index (χ1v) is 13.6. The number of carbonyl (C=O) groups is 3. The Labute approximate surface area is 244 Å². The van der Waals surface area contributed by atoms with Crippen LogP contribution in [0, 0.1) is 0 Å². The predicted molar refractivity (Wildman–Crippen MR) is 158 cm³/mol. The summed E-state index contributed by atoms with van der Waals surface area (Å²) < 4.78 is 12.7. The van der Waals surface area contributed by atoms with Crippen LogP contribution >= 0.6 is 15.9 Å². The smallest absolute Gasteiger partial charge is 0.339 e. The molecular formula is C34H22BrNO5. The van der Waals surface area contributed by atoms with Crippen LogP contribution in [-0.4, -0.2) is 17.8 Å². The second-order valence-corrected chi connectivity index (χ2v) is 10.3. The van der Waals surface area contributed by atoms with Gasteiger partial charge in [0, 0.05) is 4.47 Å². The SMILES string of the molecule is O=C(OC(c1ccccc1)c1ccccc1)c1ccc(N2C(=O)c3ccc(Oc4ccc(Br)cc4)cc3C2=O)cc1. The molecule has 200 valence electrons. The largest absolute Gasteiger partial charge is 0.457 e. The summed E-state index contributed by atoms with van der Waals surface area (Å²) in [4.78, 5) is 40.7. The van der Waals surface area contributed by atoms with Crippen molar-refractivity contribution in [3.05, 3.63) is 160 Å². The van der Waals surface area contributed by atoms with Crippen LogP contribution in [0.3, 0.4) is 0 Å². The minimum atomic E-state index is -0.588. The lowest BCUT2D eigenvalue weighted by atomic mass is 10.0. The van der Waals surface area contributed by atoms with E-state index in [1.54, 1.807) is 54.6 Å². The Morgan fingerprint density at radius 1 is 0.634 bits per heavy atom. The number of ether oxygens (including phenoxy) is 2. The Morgan fingerprint density at radius 2 is 1.20 bits per heavy atom. The number of halogens is 1. The van der Waals surface area contributed by atoms with E-state index in [1.807, 2.05) is 72.8 Å². The van der Waals surface area contributed by atoms with Gasteiger partial charge < -0.3 is 9.47 Å². The van der Waals surface area contributed by atoms with Gasteiger partial charge in [-0.1, -0.05) is 76.6 Å². The highest BCUT2D eigenvalue weighted by atomic mass is 79.9. The number of nitrogens with zero attached hydrogens (tertiary/aromatic N) is 1. The molecule has 0 aliphatic carbocycles. The zero-order chi connectivity index (χ0) is 28.3. The molecule has 0 saturated carbocycles. The molecule has 0 fully saturated rings. The molecular weight excluding hydrogens is 582 g/mol. The van der Waals surface area contributed by atoms with Gasteiger partial charge >= 0.3 is 5.97 Å². The molecule has 5 aromatic carbocycles. The molecule has 0 spiro atoms. The molecule has 0 atom stereocenters. The van der Waals surface area contributed by atoms with E-state index in [0.717, 1.165) is 20.5 Å². The van der Waals surface area contributed by atoms with Crippen LogP contribution in [0.15, 0.2) is 132 Å². The van der Waals surface area contributed by atoms with Crippen molar-refractivity contribution in [3.8, 4) is 11.5 Å². The first-order chi connectivity index (χ1) is 20.0. The minimum absolute atomic E-state index is 0.252. The fourth-order valence-electron chi connectivity index (χ4n) is 4.66. The third kappa shape index (κ3) is 5.40. The van der Waals surface area contributed by atoms with Gasteiger partial charge in [-0.25, -0.2) is 9.69 Å². The third-order valence-electron chi connectivity index (χ3n) is 6.70. The van der Waals surface area contributed by atoms with Crippen LogP contribution in [0.5, 0.6) is 11.5 Å². The maximum atomic E-state index is 13.3. The summed E-state index contributed by atoms with van der Waals surface area (Å²) in [5.41, 5.74) is 2.88. The van der Waals surface area contributed by atoms with E-state index in [1.165, 1.54) is 0 Å². The molecule has 0 radical (unpaired) electrons. The predicted octanol–water partition coefficient (Wildman–Crippen LogP) is 7.99. The average Bonchev–Trinajstić information content (AvgIpc) is 3.26. The van der Waals surface area contributed by atoms with Crippen LogP contribution in [0.1, 0.15) is 48.3 Å². The molecule has 0 saturated heterocycles. The van der Waals surface area contributed by atoms with E-state index in [2.05, 4.69) is 15.9 Å². The third-order valence-corrected chi connectivity index (χ3v) is 7.23. The highest BCUT2D eigenvalue weighted by molar-refractivity contribution is 9.10. The molecule has 0 aromatic heterocycles. The number of amides is 2. The number of imide groups is 1. The number of esters is 1. The van der Waals surface area contributed by atoms with Crippen LogP contribution in [0.25, 0.3) is 0 Å². The summed E-state index contributed by atoms with van der Waals surface area (Å²) in [6.07, 6.45) is -0.588. The van der Waals surface area contributed by atoms with Crippen LogP contribution in [0.2, 0.25) is 0 Å². The van der Waals surface area contributed by atoms with Gasteiger partial charge in [-0.15, -0.1) is 0 Å². The Balaban J connectivity index is 1.20. The molecule has 7 heteroatoms. The Morgan fingerprint density at radius 3 is 1.80 bits per heavy atom. The van der Waals surface area contributed by atoms with Crippen LogP contribution in [-0.2, 0) is 4.74 Å². The number of fused-ring (bicyclic) bond motifs is 1. The number of hydrogen-bond acceptors (Lipinski definition) is 5. The Bertz CT molecular complexity index is 1700. The highest BCUT2D eigenvalue weighted by Crippen LogP contribution is 2.33. The van der Waals surface area contributed by atoms with Crippen molar-refractivity contribution in [2.24, 2.45) is 0 Å². The molecule has 0 N–H and O–H groups in total.